The van der Waals surface area contributed by atoms with Crippen molar-refractivity contribution in [1.29, 1.82) is 0 Å². The van der Waals surface area contributed by atoms with E-state index in [1.807, 2.05) is 0 Å². The van der Waals surface area contributed by atoms with Gasteiger partial charge in [0.25, 0.3) is 0 Å². The number of hydrogen-bond donors (Lipinski definition) is 1. The van der Waals surface area contributed by atoms with Gasteiger partial charge < -0.3 is 14.7 Å². The molecular weight excluding hydrogens is 258 g/mol. The number of nitrogens with zero attached hydrogens (tertiary/aromatic N) is 1. The molecular formula is C15H23NO4. The number of hydrogen-bond acceptors (Lipinski definition) is 3. The number of rotatable bonds is 4. The molecule has 1 aliphatic rings. The van der Waals surface area contributed by atoms with Gasteiger partial charge in [-0.25, -0.2) is 4.79 Å². The highest BCUT2D eigenvalue weighted by atomic mass is 16.5. The molecule has 0 bridgehead atoms. The highest BCUT2D eigenvalue weighted by Crippen LogP contribution is 2.34. The van der Waals surface area contributed by atoms with E-state index in [0.29, 0.717) is 0 Å². The summed E-state index contributed by atoms with van der Waals surface area (Å²) in [5.41, 5.74) is 1.17. The second kappa shape index (κ2) is 6.59. The molecule has 0 saturated heterocycles. The summed E-state index contributed by atoms with van der Waals surface area (Å²) in [5.74, 6) is -1.52. The molecule has 1 amide bonds. The molecule has 1 aliphatic carbocycles. The van der Waals surface area contributed by atoms with E-state index in [2.05, 4.69) is 32.9 Å². The van der Waals surface area contributed by atoms with Crippen molar-refractivity contribution < 1.29 is 19.4 Å². The number of carbonyl (C=O) groups is 2. The number of aliphatic carboxylic acids is 1. The van der Waals surface area contributed by atoms with Gasteiger partial charge in [0.1, 0.15) is 12.4 Å². The van der Waals surface area contributed by atoms with Crippen molar-refractivity contribution in [1.82, 2.24) is 4.90 Å². The van der Waals surface area contributed by atoms with E-state index in [0.717, 1.165) is 29.1 Å². The number of carboxylic acid groups (broad SMARTS) is 1. The van der Waals surface area contributed by atoms with Crippen LogP contribution in [-0.2, 0) is 14.3 Å². The summed E-state index contributed by atoms with van der Waals surface area (Å²) in [7, 11) is 1.45. The van der Waals surface area contributed by atoms with Gasteiger partial charge in [-0.1, -0.05) is 26.8 Å². The fourth-order valence-electron chi connectivity index (χ4n) is 2.02. The molecule has 20 heavy (non-hydrogen) atoms. The fourth-order valence-corrected chi connectivity index (χ4v) is 2.02. The molecule has 1 rings (SSSR count). The highest BCUT2D eigenvalue weighted by Gasteiger charge is 2.23. The van der Waals surface area contributed by atoms with Crippen LogP contribution in [0.5, 0.6) is 0 Å². The Morgan fingerprint density at radius 2 is 1.90 bits per heavy atom. The second-order valence-electron chi connectivity index (χ2n) is 5.89. The van der Waals surface area contributed by atoms with Crippen molar-refractivity contribution in [3.63, 3.8) is 0 Å². The third-order valence-electron chi connectivity index (χ3n) is 3.13. The molecule has 5 nitrogen and oxygen atoms in total. The first kappa shape index (κ1) is 16.3. The van der Waals surface area contributed by atoms with E-state index in [-0.39, 0.29) is 18.6 Å². The van der Waals surface area contributed by atoms with Gasteiger partial charge in [-0.05, 0) is 29.9 Å². The smallest absolute Gasteiger partial charge is 0.394 e. The summed E-state index contributed by atoms with van der Waals surface area (Å²) in [6.45, 7) is 6.92. The van der Waals surface area contributed by atoms with Crippen LogP contribution in [0, 0.1) is 5.41 Å². The minimum absolute atomic E-state index is 0.00897. The van der Waals surface area contributed by atoms with E-state index in [1.165, 1.54) is 7.05 Å². The number of carboxylic acids is 1. The van der Waals surface area contributed by atoms with Crippen LogP contribution in [-0.4, -0.2) is 42.1 Å². The summed E-state index contributed by atoms with van der Waals surface area (Å²) in [4.78, 5) is 22.9. The fraction of sp³-hybridized carbons (Fsp3) is 0.600. The molecule has 5 heteroatoms. The number of allylic oxidation sites excluding steroid dienone is 3. The summed E-state index contributed by atoms with van der Waals surface area (Å²) in [6, 6.07) is 0. The Morgan fingerprint density at radius 1 is 1.30 bits per heavy atom. The standard InChI is InChI=1S/C15H23NO4/c1-15(2,3)11-7-5-6-8-12(11)20-10-9-16(4)13(17)14(18)19/h7-8H,5-6,9-10H2,1-4H3,(H,18,19). The van der Waals surface area contributed by atoms with Gasteiger partial charge in [0, 0.05) is 7.05 Å². The molecule has 0 aromatic carbocycles. The molecule has 0 radical (unpaired) electrons. The highest BCUT2D eigenvalue weighted by molar-refractivity contribution is 6.31. The lowest BCUT2D eigenvalue weighted by atomic mass is 9.82. The monoisotopic (exact) mass is 281 g/mol. The van der Waals surface area contributed by atoms with Crippen molar-refractivity contribution in [2.75, 3.05) is 20.2 Å². The van der Waals surface area contributed by atoms with Crippen molar-refractivity contribution in [3.8, 4) is 0 Å². The zero-order chi connectivity index (χ0) is 15.3. The summed E-state index contributed by atoms with van der Waals surface area (Å²) in [6.07, 6.45) is 6.19. The summed E-state index contributed by atoms with van der Waals surface area (Å²) in [5, 5.41) is 8.60. The average molecular weight is 281 g/mol. The third-order valence-corrected chi connectivity index (χ3v) is 3.13. The van der Waals surface area contributed by atoms with E-state index in [4.69, 9.17) is 9.84 Å². The summed E-state index contributed by atoms with van der Waals surface area (Å²) < 4.78 is 5.73. The molecule has 0 atom stereocenters. The molecule has 0 aliphatic heterocycles. The van der Waals surface area contributed by atoms with Crippen LogP contribution < -0.4 is 0 Å². The summed E-state index contributed by atoms with van der Waals surface area (Å²) >= 11 is 0. The largest absolute Gasteiger partial charge is 0.492 e. The van der Waals surface area contributed by atoms with E-state index < -0.39 is 11.9 Å². The Labute approximate surface area is 119 Å². The number of amides is 1. The van der Waals surface area contributed by atoms with Crippen molar-refractivity contribution in [2.45, 2.75) is 33.6 Å². The topological polar surface area (TPSA) is 66.8 Å². The number of carbonyl (C=O) groups excluding carboxylic acids is 1. The Morgan fingerprint density at radius 3 is 2.45 bits per heavy atom. The van der Waals surface area contributed by atoms with Gasteiger partial charge in [-0.3, -0.25) is 4.79 Å². The quantitative estimate of drug-likeness (QED) is 0.802. The molecule has 0 fully saturated rings. The van der Waals surface area contributed by atoms with Crippen LogP contribution in [0.15, 0.2) is 23.5 Å². The maximum Gasteiger partial charge on any atom is 0.394 e. The van der Waals surface area contributed by atoms with E-state index in [9.17, 15) is 9.59 Å². The van der Waals surface area contributed by atoms with Gasteiger partial charge in [0.2, 0.25) is 0 Å². The molecule has 1 N–H and O–H groups in total. The maximum absolute atomic E-state index is 11.2. The lowest BCUT2D eigenvalue weighted by Gasteiger charge is -2.28. The number of ether oxygens (including phenoxy) is 1. The van der Waals surface area contributed by atoms with Gasteiger partial charge >= 0.3 is 11.9 Å². The zero-order valence-electron chi connectivity index (χ0n) is 12.6. The molecule has 0 aromatic rings. The molecule has 0 heterocycles. The number of likely N-dealkylation sites (N-methyl/N-ethyl adjacent to an activating group) is 1. The van der Waals surface area contributed by atoms with Gasteiger partial charge in [-0.2, -0.15) is 0 Å². The van der Waals surface area contributed by atoms with Crippen LogP contribution in [0.3, 0.4) is 0 Å². The zero-order valence-corrected chi connectivity index (χ0v) is 12.6. The van der Waals surface area contributed by atoms with Crippen LogP contribution in [0.25, 0.3) is 0 Å². The van der Waals surface area contributed by atoms with Gasteiger partial charge in [0.05, 0.1) is 6.54 Å². The second-order valence-corrected chi connectivity index (χ2v) is 5.89. The van der Waals surface area contributed by atoms with Gasteiger partial charge in [-0.15, -0.1) is 0 Å². The molecule has 0 spiro atoms. The van der Waals surface area contributed by atoms with Crippen LogP contribution in [0.1, 0.15) is 33.6 Å². The minimum atomic E-state index is -1.44. The Balaban J connectivity index is 2.53. The first-order valence-electron chi connectivity index (χ1n) is 6.76. The Bertz CT molecular complexity index is 443. The molecule has 112 valence electrons. The molecule has 0 aromatic heterocycles. The minimum Gasteiger partial charge on any atom is -0.492 e. The SMILES string of the molecule is CN(CCOC1=CCCC=C1C(C)(C)C)C(=O)C(=O)O. The van der Waals surface area contributed by atoms with Crippen LogP contribution >= 0.6 is 0 Å². The van der Waals surface area contributed by atoms with E-state index >= 15 is 0 Å². The predicted molar refractivity (Wildman–Crippen MR) is 76.1 cm³/mol. The lowest BCUT2D eigenvalue weighted by molar-refractivity contribution is -0.155. The average Bonchev–Trinajstić information content (AvgIpc) is 2.37. The van der Waals surface area contributed by atoms with Crippen LogP contribution in [0.2, 0.25) is 0 Å². The van der Waals surface area contributed by atoms with Crippen molar-refractivity contribution in [3.05, 3.63) is 23.5 Å². The van der Waals surface area contributed by atoms with Gasteiger partial charge in [0.15, 0.2) is 0 Å². The first-order valence-corrected chi connectivity index (χ1v) is 6.76. The predicted octanol–water partition coefficient (Wildman–Crippen LogP) is 2.20. The maximum atomic E-state index is 11.2. The van der Waals surface area contributed by atoms with E-state index in [1.54, 1.807) is 0 Å². The Hall–Kier alpha value is -1.78. The van der Waals surface area contributed by atoms with Crippen molar-refractivity contribution in [2.24, 2.45) is 5.41 Å². The molecule has 0 saturated carbocycles. The van der Waals surface area contributed by atoms with Crippen LogP contribution in [0.4, 0.5) is 0 Å². The van der Waals surface area contributed by atoms with Crippen molar-refractivity contribution >= 4 is 11.9 Å². The Kier molecular flexibility index (Phi) is 5.36. The normalized spacial score (nSPS) is 15.2. The third kappa shape index (κ3) is 4.40. The lowest BCUT2D eigenvalue weighted by Crippen LogP contribution is -2.35. The molecule has 0 unspecified atom stereocenters. The first-order chi connectivity index (χ1) is 9.23.